The Balaban J connectivity index is 2.55. The Kier molecular flexibility index (Phi) is 7.40. The summed E-state index contributed by atoms with van der Waals surface area (Å²) in [5, 5.41) is 10.4. The van der Waals surface area contributed by atoms with E-state index >= 15 is 0 Å². The topological polar surface area (TPSA) is 50.1 Å². The number of hydrogen-bond acceptors (Lipinski definition) is 3. The van der Waals surface area contributed by atoms with Gasteiger partial charge in [-0.25, -0.2) is 0 Å². The summed E-state index contributed by atoms with van der Waals surface area (Å²) in [5.74, 6) is -0.545. The molecule has 0 spiro atoms. The zero-order chi connectivity index (χ0) is 20.6. The molecule has 148 valence electrons. The molecule has 0 bridgehead atoms. The first-order valence-electron chi connectivity index (χ1n) is 10.1. The van der Waals surface area contributed by atoms with Gasteiger partial charge in [-0.15, -0.1) is 0 Å². The van der Waals surface area contributed by atoms with Gasteiger partial charge < -0.3 is 4.74 Å². The van der Waals surface area contributed by atoms with Crippen LogP contribution < -0.4 is 0 Å². The fraction of sp³-hybridized carbons (Fsp3) is 0.440. The first-order chi connectivity index (χ1) is 13.3. The van der Waals surface area contributed by atoms with Crippen LogP contribution in [-0.2, 0) is 14.9 Å². The van der Waals surface area contributed by atoms with Crippen molar-refractivity contribution in [2.45, 2.75) is 70.3 Å². The van der Waals surface area contributed by atoms with Crippen LogP contribution in [0.25, 0.3) is 0 Å². The first kappa shape index (κ1) is 21.7. The second-order valence-corrected chi connectivity index (χ2v) is 8.31. The number of esters is 1. The molecule has 2 atom stereocenters. The third kappa shape index (κ3) is 5.45. The van der Waals surface area contributed by atoms with E-state index in [2.05, 4.69) is 13.0 Å². The highest BCUT2D eigenvalue weighted by atomic mass is 16.6. The zero-order valence-corrected chi connectivity index (χ0v) is 17.4. The molecule has 0 unspecified atom stereocenters. The number of carbonyl (C=O) groups excluding carboxylic acids is 1. The van der Waals surface area contributed by atoms with Crippen molar-refractivity contribution >= 4 is 5.97 Å². The molecule has 3 nitrogen and oxygen atoms in total. The fourth-order valence-corrected chi connectivity index (χ4v) is 3.72. The SMILES string of the molecule is CCCC[C@](C#N)(c1ccccc1)[C@@H](CC(=O)OC(C)(C)C)c1ccccc1. The van der Waals surface area contributed by atoms with E-state index in [0.29, 0.717) is 6.42 Å². The summed E-state index contributed by atoms with van der Waals surface area (Å²) in [4.78, 5) is 12.8. The minimum Gasteiger partial charge on any atom is -0.460 e. The smallest absolute Gasteiger partial charge is 0.306 e. The van der Waals surface area contributed by atoms with Gasteiger partial charge in [0.15, 0.2) is 0 Å². The maximum absolute atomic E-state index is 12.8. The van der Waals surface area contributed by atoms with E-state index in [-0.39, 0.29) is 18.3 Å². The predicted molar refractivity (Wildman–Crippen MR) is 113 cm³/mol. The molecule has 0 fully saturated rings. The molecule has 2 aromatic rings. The molecule has 28 heavy (non-hydrogen) atoms. The minimum atomic E-state index is -0.782. The summed E-state index contributed by atoms with van der Waals surface area (Å²) >= 11 is 0. The van der Waals surface area contributed by atoms with Crippen molar-refractivity contribution in [1.82, 2.24) is 0 Å². The normalized spacial score (nSPS) is 14.5. The summed E-state index contributed by atoms with van der Waals surface area (Å²) in [6.45, 7) is 7.73. The van der Waals surface area contributed by atoms with Crippen LogP contribution in [-0.4, -0.2) is 11.6 Å². The number of unbranched alkanes of at least 4 members (excludes halogenated alkanes) is 1. The molecule has 3 heteroatoms. The van der Waals surface area contributed by atoms with Crippen molar-refractivity contribution in [2.75, 3.05) is 0 Å². The monoisotopic (exact) mass is 377 g/mol. The van der Waals surface area contributed by atoms with E-state index in [0.717, 1.165) is 24.0 Å². The van der Waals surface area contributed by atoms with Crippen molar-refractivity contribution in [3.8, 4) is 6.07 Å². The number of carbonyl (C=O) groups is 1. The molecule has 2 rings (SSSR count). The van der Waals surface area contributed by atoms with Crippen LogP contribution in [0.15, 0.2) is 60.7 Å². The number of hydrogen-bond donors (Lipinski definition) is 0. The lowest BCUT2D eigenvalue weighted by Crippen LogP contribution is -2.35. The van der Waals surface area contributed by atoms with Gasteiger partial charge in [-0.2, -0.15) is 5.26 Å². The molecule has 2 aromatic carbocycles. The Labute approximate surface area is 169 Å². The van der Waals surface area contributed by atoms with E-state index < -0.39 is 11.0 Å². The predicted octanol–water partition coefficient (Wildman–Crippen LogP) is 6.15. The Morgan fingerprint density at radius 3 is 2.11 bits per heavy atom. The Morgan fingerprint density at radius 1 is 1.04 bits per heavy atom. The van der Waals surface area contributed by atoms with Crippen molar-refractivity contribution < 1.29 is 9.53 Å². The van der Waals surface area contributed by atoms with Crippen LogP contribution in [0.4, 0.5) is 0 Å². The summed E-state index contributed by atoms with van der Waals surface area (Å²) < 4.78 is 5.62. The van der Waals surface area contributed by atoms with Crippen molar-refractivity contribution in [2.24, 2.45) is 0 Å². The number of nitrogens with zero attached hydrogens (tertiary/aromatic N) is 1. The van der Waals surface area contributed by atoms with Crippen LogP contribution in [0.1, 0.15) is 70.4 Å². The Morgan fingerprint density at radius 2 is 1.61 bits per heavy atom. The van der Waals surface area contributed by atoms with E-state index in [9.17, 15) is 10.1 Å². The quantitative estimate of drug-likeness (QED) is 0.518. The third-order valence-corrected chi connectivity index (χ3v) is 5.00. The van der Waals surface area contributed by atoms with Gasteiger partial charge in [0.05, 0.1) is 17.9 Å². The highest BCUT2D eigenvalue weighted by Gasteiger charge is 2.42. The maximum atomic E-state index is 12.8. The van der Waals surface area contributed by atoms with Crippen molar-refractivity contribution in [3.63, 3.8) is 0 Å². The summed E-state index contributed by atoms with van der Waals surface area (Å²) in [7, 11) is 0. The number of rotatable bonds is 8. The molecule has 0 N–H and O–H groups in total. The zero-order valence-electron chi connectivity index (χ0n) is 17.4. The number of ether oxygens (including phenoxy) is 1. The van der Waals surface area contributed by atoms with E-state index in [4.69, 9.17) is 4.74 Å². The molecule has 0 radical (unpaired) electrons. The van der Waals surface area contributed by atoms with Crippen LogP contribution in [0.3, 0.4) is 0 Å². The van der Waals surface area contributed by atoms with Crippen LogP contribution >= 0.6 is 0 Å². The highest BCUT2D eigenvalue weighted by molar-refractivity contribution is 5.72. The summed E-state index contributed by atoms with van der Waals surface area (Å²) in [5.41, 5.74) is 0.623. The third-order valence-electron chi connectivity index (χ3n) is 5.00. The second-order valence-electron chi connectivity index (χ2n) is 8.31. The molecule has 0 aliphatic rings. The fourth-order valence-electron chi connectivity index (χ4n) is 3.72. The second kappa shape index (κ2) is 9.55. The van der Waals surface area contributed by atoms with Gasteiger partial charge in [0.2, 0.25) is 0 Å². The first-order valence-corrected chi connectivity index (χ1v) is 10.1. The molecule has 0 aliphatic heterocycles. The molecule has 0 amide bonds. The highest BCUT2D eigenvalue weighted by Crippen LogP contribution is 2.45. The van der Waals surface area contributed by atoms with Gasteiger partial charge in [0.1, 0.15) is 5.60 Å². The van der Waals surface area contributed by atoms with Gasteiger partial charge in [0, 0.05) is 5.92 Å². The minimum absolute atomic E-state index is 0.174. The summed E-state index contributed by atoms with van der Waals surface area (Å²) in [6.07, 6.45) is 2.78. The molecular weight excluding hydrogens is 346 g/mol. The van der Waals surface area contributed by atoms with Gasteiger partial charge in [-0.05, 0) is 38.3 Å². The van der Waals surface area contributed by atoms with Crippen molar-refractivity contribution in [3.05, 3.63) is 71.8 Å². The standard InChI is InChI=1S/C25H31NO2/c1-5-6-17-25(19-26,21-15-11-8-12-16-21)22(20-13-9-7-10-14-20)18-23(27)28-24(2,3)4/h7-16,22H,5-6,17-18H2,1-4H3/t22-,25-/m0/s1. The average Bonchev–Trinajstić information content (AvgIpc) is 2.68. The largest absolute Gasteiger partial charge is 0.460 e. The van der Waals surface area contributed by atoms with Crippen LogP contribution in [0.2, 0.25) is 0 Å². The number of nitriles is 1. The molecule has 0 heterocycles. The van der Waals surface area contributed by atoms with E-state index in [1.807, 2.05) is 81.4 Å². The van der Waals surface area contributed by atoms with Gasteiger partial charge in [0.25, 0.3) is 0 Å². The van der Waals surface area contributed by atoms with Crippen molar-refractivity contribution in [1.29, 1.82) is 5.26 Å². The molecular formula is C25H31NO2. The lowest BCUT2D eigenvalue weighted by molar-refractivity contribution is -0.155. The van der Waals surface area contributed by atoms with Gasteiger partial charge >= 0.3 is 5.97 Å². The Hall–Kier alpha value is -2.60. The lowest BCUT2D eigenvalue weighted by atomic mass is 9.64. The van der Waals surface area contributed by atoms with Crippen LogP contribution in [0, 0.1) is 11.3 Å². The van der Waals surface area contributed by atoms with Crippen LogP contribution in [0.5, 0.6) is 0 Å². The molecule has 0 saturated carbocycles. The maximum Gasteiger partial charge on any atom is 0.306 e. The van der Waals surface area contributed by atoms with Gasteiger partial charge in [-0.1, -0.05) is 80.4 Å². The summed E-state index contributed by atoms with van der Waals surface area (Å²) in [6, 6.07) is 22.4. The average molecular weight is 378 g/mol. The molecule has 0 saturated heterocycles. The lowest BCUT2D eigenvalue weighted by Gasteiger charge is -2.36. The van der Waals surface area contributed by atoms with E-state index in [1.54, 1.807) is 0 Å². The Bertz CT molecular complexity index is 787. The van der Waals surface area contributed by atoms with Gasteiger partial charge in [-0.3, -0.25) is 4.79 Å². The molecule has 0 aliphatic carbocycles. The molecule has 0 aromatic heterocycles. The number of benzene rings is 2. The van der Waals surface area contributed by atoms with E-state index in [1.165, 1.54) is 0 Å².